The molecule has 0 aliphatic heterocycles. The maximum absolute atomic E-state index is 12.2. The van der Waals surface area contributed by atoms with Crippen LogP contribution in [-0.4, -0.2) is 20.3 Å². The van der Waals surface area contributed by atoms with E-state index in [-0.39, 0.29) is 11.9 Å². The van der Waals surface area contributed by atoms with Gasteiger partial charge in [0.15, 0.2) is 0 Å². The van der Waals surface area contributed by atoms with Gasteiger partial charge in [-0.3, -0.25) is 9.48 Å². The molecular formula is C19H21IN4O. The van der Waals surface area contributed by atoms with E-state index in [4.69, 9.17) is 0 Å². The molecule has 0 saturated carbocycles. The van der Waals surface area contributed by atoms with Gasteiger partial charge in [0.05, 0.1) is 15.8 Å². The van der Waals surface area contributed by atoms with Crippen molar-refractivity contribution in [3.8, 4) is 5.69 Å². The molecule has 0 bridgehead atoms. The minimum atomic E-state index is -0.0231. The molecule has 3 rings (SSSR count). The van der Waals surface area contributed by atoms with Crippen LogP contribution in [0.3, 0.4) is 0 Å². The zero-order valence-corrected chi connectivity index (χ0v) is 16.5. The summed E-state index contributed by atoms with van der Waals surface area (Å²) in [5.74, 6) is 0.0342. The van der Waals surface area contributed by atoms with Gasteiger partial charge in [0.25, 0.3) is 0 Å². The highest BCUT2D eigenvalue weighted by Gasteiger charge is 2.11. The molecule has 1 unspecified atom stereocenters. The summed E-state index contributed by atoms with van der Waals surface area (Å²) in [6.07, 6.45) is 6.27. The van der Waals surface area contributed by atoms with E-state index < -0.39 is 0 Å². The molecule has 3 aromatic rings. The maximum atomic E-state index is 12.2. The molecule has 2 aromatic heterocycles. The van der Waals surface area contributed by atoms with Gasteiger partial charge in [-0.05, 0) is 66.3 Å². The maximum Gasteiger partial charge on any atom is 0.222 e. The first kappa shape index (κ1) is 17.7. The summed E-state index contributed by atoms with van der Waals surface area (Å²) >= 11 is 2.25. The van der Waals surface area contributed by atoms with Crippen LogP contribution in [-0.2, 0) is 11.3 Å². The molecular weight excluding hydrogens is 427 g/mol. The minimum absolute atomic E-state index is 0.0231. The summed E-state index contributed by atoms with van der Waals surface area (Å²) in [4.78, 5) is 12.2. The Balaban J connectivity index is 1.55. The van der Waals surface area contributed by atoms with Gasteiger partial charge in [-0.15, -0.1) is 0 Å². The van der Waals surface area contributed by atoms with Crippen LogP contribution in [0.15, 0.2) is 55.0 Å². The number of aromatic nitrogens is 3. The molecule has 5 nitrogen and oxygen atoms in total. The summed E-state index contributed by atoms with van der Waals surface area (Å²) in [6.45, 7) is 4.62. The molecule has 6 heteroatoms. The zero-order chi connectivity index (χ0) is 17.8. The lowest BCUT2D eigenvalue weighted by molar-refractivity contribution is -0.122. The average molecular weight is 448 g/mol. The van der Waals surface area contributed by atoms with E-state index in [0.29, 0.717) is 13.0 Å². The second-order valence-electron chi connectivity index (χ2n) is 6.02. The van der Waals surface area contributed by atoms with E-state index in [0.717, 1.165) is 20.5 Å². The molecule has 0 aliphatic carbocycles. The van der Waals surface area contributed by atoms with Gasteiger partial charge in [0.2, 0.25) is 5.91 Å². The Morgan fingerprint density at radius 2 is 1.92 bits per heavy atom. The van der Waals surface area contributed by atoms with Gasteiger partial charge in [-0.1, -0.05) is 12.1 Å². The van der Waals surface area contributed by atoms with Gasteiger partial charge >= 0.3 is 0 Å². The van der Waals surface area contributed by atoms with Crippen LogP contribution >= 0.6 is 22.6 Å². The predicted octanol–water partition coefficient (Wildman–Crippen LogP) is 3.85. The summed E-state index contributed by atoms with van der Waals surface area (Å²) < 4.78 is 5.05. The SMILES string of the molecule is Cc1c(I)cnn1CCC(=O)NC(C)c1ccc(-n2cccc2)cc1. The summed E-state index contributed by atoms with van der Waals surface area (Å²) in [5.41, 5.74) is 3.30. The smallest absolute Gasteiger partial charge is 0.222 e. The van der Waals surface area contributed by atoms with Gasteiger partial charge in [0, 0.05) is 36.7 Å². The molecule has 1 amide bonds. The van der Waals surface area contributed by atoms with Crippen molar-refractivity contribution in [3.63, 3.8) is 0 Å². The summed E-state index contributed by atoms with van der Waals surface area (Å²) in [6, 6.07) is 12.2. The molecule has 0 radical (unpaired) electrons. The van der Waals surface area contributed by atoms with Crippen LogP contribution in [0.2, 0.25) is 0 Å². The Kier molecular flexibility index (Phi) is 5.57. The van der Waals surface area contributed by atoms with E-state index in [1.165, 1.54) is 0 Å². The number of nitrogens with one attached hydrogen (secondary N) is 1. The highest BCUT2D eigenvalue weighted by molar-refractivity contribution is 14.1. The first-order chi connectivity index (χ1) is 12.0. The van der Waals surface area contributed by atoms with Crippen molar-refractivity contribution in [1.29, 1.82) is 0 Å². The van der Waals surface area contributed by atoms with Crippen molar-refractivity contribution in [2.24, 2.45) is 0 Å². The lowest BCUT2D eigenvalue weighted by Crippen LogP contribution is -2.27. The standard InChI is InChI=1S/C19H21IN4O/c1-14(16-5-7-17(8-6-16)23-10-3-4-11-23)22-19(25)9-12-24-15(2)18(20)13-21-24/h3-8,10-11,13-14H,9,12H2,1-2H3,(H,22,25). The van der Waals surface area contributed by atoms with Crippen molar-refractivity contribution in [3.05, 3.63) is 69.8 Å². The van der Waals surface area contributed by atoms with Gasteiger partial charge in [-0.25, -0.2) is 0 Å². The first-order valence-corrected chi connectivity index (χ1v) is 9.33. The fourth-order valence-corrected chi connectivity index (χ4v) is 3.10. The van der Waals surface area contributed by atoms with Gasteiger partial charge < -0.3 is 9.88 Å². The number of aryl methyl sites for hydroxylation is 1. The number of rotatable bonds is 6. The molecule has 1 atom stereocenters. The van der Waals surface area contributed by atoms with Crippen LogP contribution in [0, 0.1) is 10.5 Å². The van der Waals surface area contributed by atoms with Crippen LogP contribution < -0.4 is 5.32 Å². The largest absolute Gasteiger partial charge is 0.350 e. The van der Waals surface area contributed by atoms with E-state index >= 15 is 0 Å². The van der Waals surface area contributed by atoms with Gasteiger partial charge in [-0.2, -0.15) is 5.10 Å². The molecule has 0 spiro atoms. The first-order valence-electron chi connectivity index (χ1n) is 8.25. The Morgan fingerprint density at radius 1 is 1.24 bits per heavy atom. The number of carbonyl (C=O) groups excluding carboxylic acids is 1. The van der Waals surface area contributed by atoms with Crippen LogP contribution in [0.4, 0.5) is 0 Å². The summed E-state index contributed by atoms with van der Waals surface area (Å²) in [5, 5.41) is 7.34. The van der Waals surface area contributed by atoms with Crippen molar-refractivity contribution in [2.45, 2.75) is 32.9 Å². The van der Waals surface area contributed by atoms with Crippen LogP contribution in [0.1, 0.15) is 30.6 Å². The number of carbonyl (C=O) groups is 1. The van der Waals surface area contributed by atoms with E-state index in [9.17, 15) is 4.79 Å². The molecule has 1 N–H and O–H groups in total. The lowest BCUT2D eigenvalue weighted by atomic mass is 10.1. The Morgan fingerprint density at radius 3 is 2.52 bits per heavy atom. The monoisotopic (exact) mass is 448 g/mol. The quantitative estimate of drug-likeness (QED) is 0.583. The normalized spacial score (nSPS) is 12.1. The number of hydrogen-bond donors (Lipinski definition) is 1. The Hall–Kier alpha value is -2.09. The number of amides is 1. The third kappa shape index (κ3) is 4.31. The molecule has 0 fully saturated rings. The van der Waals surface area contributed by atoms with Gasteiger partial charge in [0.1, 0.15) is 0 Å². The fraction of sp³-hybridized carbons (Fsp3) is 0.263. The molecule has 2 heterocycles. The van der Waals surface area contributed by atoms with Crippen molar-refractivity contribution < 1.29 is 4.79 Å². The molecule has 0 aliphatic rings. The van der Waals surface area contributed by atoms with Crippen molar-refractivity contribution in [2.75, 3.05) is 0 Å². The van der Waals surface area contributed by atoms with Crippen LogP contribution in [0.25, 0.3) is 5.69 Å². The Bertz CT molecular complexity index is 837. The second kappa shape index (κ2) is 7.86. The van der Waals surface area contributed by atoms with E-state index in [2.05, 4.69) is 61.8 Å². The highest BCUT2D eigenvalue weighted by atomic mass is 127. The average Bonchev–Trinajstić information content (AvgIpc) is 3.25. The Labute approximate surface area is 161 Å². The number of halogens is 1. The number of benzene rings is 1. The fourth-order valence-electron chi connectivity index (χ4n) is 2.70. The van der Waals surface area contributed by atoms with E-state index in [1.807, 2.05) is 49.3 Å². The zero-order valence-electron chi connectivity index (χ0n) is 14.3. The summed E-state index contributed by atoms with van der Waals surface area (Å²) in [7, 11) is 0. The van der Waals surface area contributed by atoms with E-state index in [1.54, 1.807) is 0 Å². The molecule has 130 valence electrons. The highest BCUT2D eigenvalue weighted by Crippen LogP contribution is 2.16. The molecule has 25 heavy (non-hydrogen) atoms. The molecule has 1 aromatic carbocycles. The topological polar surface area (TPSA) is 51.9 Å². The minimum Gasteiger partial charge on any atom is -0.350 e. The van der Waals surface area contributed by atoms with Crippen molar-refractivity contribution in [1.82, 2.24) is 19.7 Å². The van der Waals surface area contributed by atoms with Crippen molar-refractivity contribution >= 4 is 28.5 Å². The third-order valence-electron chi connectivity index (χ3n) is 4.27. The second-order valence-corrected chi connectivity index (χ2v) is 7.18. The predicted molar refractivity (Wildman–Crippen MR) is 107 cm³/mol. The number of nitrogens with zero attached hydrogens (tertiary/aromatic N) is 3. The number of hydrogen-bond acceptors (Lipinski definition) is 2. The molecule has 0 saturated heterocycles. The van der Waals surface area contributed by atoms with Crippen LogP contribution in [0.5, 0.6) is 0 Å². The lowest BCUT2D eigenvalue weighted by Gasteiger charge is -2.15. The third-order valence-corrected chi connectivity index (χ3v) is 5.33.